The summed E-state index contributed by atoms with van der Waals surface area (Å²) in [7, 11) is 1.32. The van der Waals surface area contributed by atoms with Gasteiger partial charge in [0.05, 0.1) is 28.7 Å². The van der Waals surface area contributed by atoms with Crippen molar-refractivity contribution in [2.24, 2.45) is 0 Å². The van der Waals surface area contributed by atoms with E-state index in [9.17, 15) is 25.0 Å². The number of anilines is 1. The molecule has 24 heavy (non-hydrogen) atoms. The Morgan fingerprint density at radius 1 is 1.33 bits per heavy atom. The van der Waals surface area contributed by atoms with Crippen LogP contribution in [0.4, 0.5) is 17.1 Å². The number of carbonyl (C=O) groups excluding carboxylic acids is 1. The van der Waals surface area contributed by atoms with Gasteiger partial charge in [-0.1, -0.05) is 0 Å². The number of rotatable bonds is 6. The summed E-state index contributed by atoms with van der Waals surface area (Å²) in [5.41, 5.74) is 0.123. The van der Waals surface area contributed by atoms with Crippen molar-refractivity contribution in [2.75, 3.05) is 12.4 Å². The molecular weight excluding hydrogens is 322 g/mol. The number of carbonyl (C=O) groups is 1. The minimum atomic E-state index is -0.587. The molecule has 0 radical (unpaired) electrons. The highest BCUT2D eigenvalue weighted by Crippen LogP contribution is 2.29. The van der Waals surface area contributed by atoms with E-state index in [1.807, 2.05) is 0 Å². The van der Waals surface area contributed by atoms with Crippen LogP contribution in [0.5, 0.6) is 5.75 Å². The predicted octanol–water partition coefficient (Wildman–Crippen LogP) is 1.66. The lowest BCUT2D eigenvalue weighted by molar-refractivity contribution is -0.385. The second kappa shape index (κ2) is 6.73. The minimum absolute atomic E-state index is 0.126. The number of hydrogen-bond donors (Lipinski definition) is 1. The average molecular weight is 335 g/mol. The Morgan fingerprint density at radius 2 is 2.04 bits per heavy atom. The molecule has 0 unspecified atom stereocenters. The highest BCUT2D eigenvalue weighted by Gasteiger charge is 2.19. The van der Waals surface area contributed by atoms with Crippen LogP contribution in [-0.2, 0) is 11.3 Å². The SMILES string of the molecule is COc1cc([N+](=O)[O-])ccc1NC(=O)Cn1ncc([N+](=O)[O-])c1C. The third-order valence-electron chi connectivity index (χ3n) is 3.24. The molecule has 2 rings (SSSR count). The smallest absolute Gasteiger partial charge is 0.309 e. The third-order valence-corrected chi connectivity index (χ3v) is 3.24. The van der Waals surface area contributed by atoms with Crippen molar-refractivity contribution in [1.29, 1.82) is 0 Å². The first-order valence-electron chi connectivity index (χ1n) is 6.62. The van der Waals surface area contributed by atoms with E-state index in [-0.39, 0.29) is 35.1 Å². The Morgan fingerprint density at radius 3 is 2.58 bits per heavy atom. The number of nitrogens with zero attached hydrogens (tertiary/aromatic N) is 4. The Labute approximate surface area is 135 Å². The number of non-ortho nitro benzene ring substituents is 1. The molecule has 1 aromatic heterocycles. The molecular formula is C13H13N5O6. The van der Waals surface area contributed by atoms with Gasteiger partial charge in [0, 0.05) is 6.07 Å². The third kappa shape index (κ3) is 3.45. The monoisotopic (exact) mass is 335 g/mol. The summed E-state index contributed by atoms with van der Waals surface area (Å²) >= 11 is 0. The summed E-state index contributed by atoms with van der Waals surface area (Å²) in [6.45, 7) is 1.23. The summed E-state index contributed by atoms with van der Waals surface area (Å²) in [6.07, 6.45) is 1.06. The molecule has 0 aliphatic carbocycles. The van der Waals surface area contributed by atoms with Crippen LogP contribution in [0, 0.1) is 27.2 Å². The molecule has 1 amide bonds. The molecule has 0 aliphatic heterocycles. The highest BCUT2D eigenvalue weighted by atomic mass is 16.6. The molecule has 1 N–H and O–H groups in total. The van der Waals surface area contributed by atoms with Crippen molar-refractivity contribution in [3.05, 3.63) is 50.3 Å². The van der Waals surface area contributed by atoms with Crippen molar-refractivity contribution >= 4 is 23.0 Å². The van der Waals surface area contributed by atoms with Crippen molar-refractivity contribution in [3.63, 3.8) is 0 Å². The van der Waals surface area contributed by atoms with Gasteiger partial charge in [0.1, 0.15) is 24.2 Å². The van der Waals surface area contributed by atoms with Crippen molar-refractivity contribution in [1.82, 2.24) is 9.78 Å². The van der Waals surface area contributed by atoms with Gasteiger partial charge in [-0.25, -0.2) is 0 Å². The average Bonchev–Trinajstić information content (AvgIpc) is 2.88. The van der Waals surface area contributed by atoms with Gasteiger partial charge in [0.15, 0.2) is 0 Å². The van der Waals surface area contributed by atoms with Gasteiger partial charge in [-0.2, -0.15) is 5.10 Å². The number of nitrogens with one attached hydrogen (secondary N) is 1. The number of amides is 1. The molecule has 11 heteroatoms. The Kier molecular flexibility index (Phi) is 4.73. The summed E-state index contributed by atoms with van der Waals surface area (Å²) < 4.78 is 6.20. The van der Waals surface area contributed by atoms with Crippen LogP contribution in [0.1, 0.15) is 5.69 Å². The fourth-order valence-corrected chi connectivity index (χ4v) is 2.00. The van der Waals surface area contributed by atoms with E-state index in [0.29, 0.717) is 0 Å². The number of hydrogen-bond acceptors (Lipinski definition) is 7. The molecule has 0 atom stereocenters. The predicted molar refractivity (Wildman–Crippen MR) is 81.9 cm³/mol. The largest absolute Gasteiger partial charge is 0.494 e. The molecule has 11 nitrogen and oxygen atoms in total. The van der Waals surface area contributed by atoms with Crippen LogP contribution in [0.15, 0.2) is 24.4 Å². The Hall–Kier alpha value is -3.50. The molecule has 1 heterocycles. The van der Waals surface area contributed by atoms with Crippen LogP contribution >= 0.6 is 0 Å². The molecule has 0 aliphatic rings. The zero-order valence-corrected chi connectivity index (χ0v) is 12.8. The maximum Gasteiger partial charge on any atom is 0.309 e. The zero-order valence-electron chi connectivity index (χ0n) is 12.8. The van der Waals surface area contributed by atoms with E-state index in [4.69, 9.17) is 4.74 Å². The number of benzene rings is 1. The first-order chi connectivity index (χ1) is 11.3. The summed E-state index contributed by atoms with van der Waals surface area (Å²) in [5, 5.41) is 27.8. The summed E-state index contributed by atoms with van der Waals surface area (Å²) in [4.78, 5) is 32.4. The maximum atomic E-state index is 12.1. The fraction of sp³-hybridized carbons (Fsp3) is 0.231. The lowest BCUT2D eigenvalue weighted by Crippen LogP contribution is -2.20. The van der Waals surface area contributed by atoms with Crippen LogP contribution < -0.4 is 10.1 Å². The van der Waals surface area contributed by atoms with E-state index in [0.717, 1.165) is 6.20 Å². The fourth-order valence-electron chi connectivity index (χ4n) is 2.00. The Balaban J connectivity index is 2.15. The second-order valence-corrected chi connectivity index (χ2v) is 4.72. The second-order valence-electron chi connectivity index (χ2n) is 4.72. The Bertz CT molecular complexity index is 815. The van der Waals surface area contributed by atoms with Crippen LogP contribution in [0.25, 0.3) is 0 Å². The summed E-state index contributed by atoms with van der Waals surface area (Å²) in [6, 6.07) is 3.75. The number of ether oxygens (including phenoxy) is 1. The lowest BCUT2D eigenvalue weighted by atomic mass is 10.2. The quantitative estimate of drug-likeness (QED) is 0.624. The molecule has 0 fully saturated rings. The number of nitro groups is 2. The zero-order chi connectivity index (χ0) is 17.9. The summed E-state index contributed by atoms with van der Waals surface area (Å²) in [5.74, 6) is -0.385. The van der Waals surface area contributed by atoms with E-state index in [1.54, 1.807) is 0 Å². The first-order valence-corrected chi connectivity index (χ1v) is 6.62. The van der Waals surface area contributed by atoms with Crippen molar-refractivity contribution in [3.8, 4) is 5.75 Å². The van der Waals surface area contributed by atoms with Crippen molar-refractivity contribution in [2.45, 2.75) is 13.5 Å². The molecule has 0 bridgehead atoms. The van der Waals surface area contributed by atoms with Crippen LogP contribution in [-0.4, -0.2) is 32.6 Å². The van der Waals surface area contributed by atoms with Crippen LogP contribution in [0.3, 0.4) is 0 Å². The minimum Gasteiger partial charge on any atom is -0.494 e. The molecule has 0 saturated heterocycles. The van der Waals surface area contributed by atoms with E-state index >= 15 is 0 Å². The van der Waals surface area contributed by atoms with Gasteiger partial charge in [-0.15, -0.1) is 0 Å². The normalized spacial score (nSPS) is 10.2. The first kappa shape index (κ1) is 16.9. The molecule has 0 spiro atoms. The van der Waals surface area contributed by atoms with E-state index in [1.165, 1.54) is 36.9 Å². The maximum absolute atomic E-state index is 12.1. The van der Waals surface area contributed by atoms with Crippen LogP contribution in [0.2, 0.25) is 0 Å². The standard InChI is InChI=1S/C13H13N5O6/c1-8-11(18(22)23)6-14-16(8)7-13(19)15-10-4-3-9(17(20)21)5-12(10)24-2/h3-6H,7H2,1-2H3,(H,15,19). The van der Waals surface area contributed by atoms with Gasteiger partial charge in [0.25, 0.3) is 5.69 Å². The van der Waals surface area contributed by atoms with Gasteiger partial charge in [0.2, 0.25) is 5.91 Å². The van der Waals surface area contributed by atoms with Gasteiger partial charge < -0.3 is 10.1 Å². The number of aromatic nitrogens is 2. The topological polar surface area (TPSA) is 142 Å². The van der Waals surface area contributed by atoms with Gasteiger partial charge >= 0.3 is 5.69 Å². The van der Waals surface area contributed by atoms with Gasteiger partial charge in [-0.05, 0) is 13.0 Å². The number of nitro benzene ring substituents is 1. The highest BCUT2D eigenvalue weighted by molar-refractivity contribution is 5.92. The molecule has 126 valence electrons. The van der Waals surface area contributed by atoms with Gasteiger partial charge in [-0.3, -0.25) is 29.7 Å². The van der Waals surface area contributed by atoms with E-state index in [2.05, 4.69) is 10.4 Å². The van der Waals surface area contributed by atoms with Crippen molar-refractivity contribution < 1.29 is 19.4 Å². The number of methoxy groups -OCH3 is 1. The molecule has 0 saturated carbocycles. The lowest BCUT2D eigenvalue weighted by Gasteiger charge is -2.10. The molecule has 1 aromatic carbocycles. The van der Waals surface area contributed by atoms with E-state index < -0.39 is 15.8 Å². The molecule has 2 aromatic rings.